The zero-order valence-electron chi connectivity index (χ0n) is 22.0. The van der Waals surface area contributed by atoms with Crippen LogP contribution in [0.3, 0.4) is 0 Å². The van der Waals surface area contributed by atoms with E-state index in [9.17, 15) is 0 Å². The van der Waals surface area contributed by atoms with E-state index in [0.717, 1.165) is 65.1 Å². The summed E-state index contributed by atoms with van der Waals surface area (Å²) in [7, 11) is 0. The summed E-state index contributed by atoms with van der Waals surface area (Å²) in [5.41, 5.74) is 8.68. The van der Waals surface area contributed by atoms with Crippen LogP contribution in [0.1, 0.15) is 0 Å². The average Bonchev–Trinajstić information content (AvgIpc) is 3.05. The first kappa shape index (κ1) is 22.9. The number of hydrogen-bond donors (Lipinski definition) is 0. The van der Waals surface area contributed by atoms with E-state index in [1.54, 1.807) is 23.5 Å². The van der Waals surface area contributed by atoms with Gasteiger partial charge >= 0.3 is 0 Å². The monoisotopic (exact) mass is 570 g/mol. The molecule has 0 unspecified atom stereocenters. The normalized spacial score (nSPS) is 13.0. The Labute approximate surface area is 248 Å². The predicted molar refractivity (Wildman–Crippen MR) is 172 cm³/mol. The Morgan fingerprint density at radius 2 is 0.929 bits per heavy atom. The summed E-state index contributed by atoms with van der Waals surface area (Å²) in [5, 5.41) is 8.99. The number of benzene rings is 4. The Balaban J connectivity index is 1.19. The Kier molecular flexibility index (Phi) is 4.56. The van der Waals surface area contributed by atoms with Crippen molar-refractivity contribution in [3.8, 4) is 33.6 Å². The van der Waals surface area contributed by atoms with Crippen molar-refractivity contribution in [2.75, 3.05) is 0 Å². The Bertz CT molecular complexity index is 2310. The fourth-order valence-corrected chi connectivity index (χ4v) is 8.63. The molecule has 0 amide bonds. The maximum absolute atomic E-state index is 5.12. The first-order chi connectivity index (χ1) is 20.8. The van der Waals surface area contributed by atoms with Crippen molar-refractivity contribution in [1.82, 2.24) is 19.9 Å². The van der Waals surface area contributed by atoms with Crippen LogP contribution < -0.4 is 0 Å². The molecule has 0 N–H and O–H groups in total. The highest BCUT2D eigenvalue weighted by Crippen LogP contribution is 2.49. The van der Waals surface area contributed by atoms with Gasteiger partial charge in [-0.05, 0) is 70.4 Å². The second-order valence-corrected chi connectivity index (χ2v) is 12.7. The van der Waals surface area contributed by atoms with Crippen LogP contribution in [0, 0.1) is 0 Å². The zero-order chi connectivity index (χ0) is 27.4. The van der Waals surface area contributed by atoms with E-state index in [2.05, 4.69) is 97.1 Å². The van der Waals surface area contributed by atoms with Crippen molar-refractivity contribution in [2.24, 2.45) is 0 Å². The molecule has 0 fully saturated rings. The summed E-state index contributed by atoms with van der Waals surface area (Å²) in [4.78, 5) is 22.2. The fourth-order valence-electron chi connectivity index (χ4n) is 6.46. The molecule has 4 aromatic heterocycles. The topological polar surface area (TPSA) is 51.6 Å². The van der Waals surface area contributed by atoms with Gasteiger partial charge in [0.15, 0.2) is 0 Å². The van der Waals surface area contributed by atoms with Crippen molar-refractivity contribution < 1.29 is 0 Å². The highest BCUT2D eigenvalue weighted by Gasteiger charge is 2.24. The second-order valence-electron chi connectivity index (χ2n) is 10.7. The van der Waals surface area contributed by atoms with Crippen LogP contribution in [0.4, 0.5) is 0 Å². The standard InChI is InChI=1S/C36H18N4S2/c1-3-7-29-23(5-1)33-31-21(13-15-37-33)25-17-19(9-11-27(25)39-35(31)41-29)20-10-12-28-26(18-20)22-14-16-38-34-24-6-2-4-8-30(24)42-36(40-28)32(22)34/h1-18H. The quantitative estimate of drug-likeness (QED) is 0.183. The molecule has 4 aromatic carbocycles. The molecule has 0 saturated carbocycles. The number of fused-ring (bicyclic) bond motifs is 8. The highest BCUT2D eigenvalue weighted by molar-refractivity contribution is 8.00. The van der Waals surface area contributed by atoms with E-state index in [0.29, 0.717) is 0 Å². The second kappa shape index (κ2) is 8.38. The molecule has 0 aliphatic carbocycles. The van der Waals surface area contributed by atoms with E-state index in [1.165, 1.54) is 31.7 Å². The van der Waals surface area contributed by atoms with Gasteiger partial charge in [0.1, 0.15) is 10.1 Å². The molecule has 6 heteroatoms. The third-order valence-corrected chi connectivity index (χ3v) is 10.5. The van der Waals surface area contributed by atoms with Crippen LogP contribution >= 0.6 is 23.5 Å². The Morgan fingerprint density at radius 1 is 0.452 bits per heavy atom. The van der Waals surface area contributed by atoms with Gasteiger partial charge in [-0.1, -0.05) is 72.1 Å². The van der Waals surface area contributed by atoms with Gasteiger partial charge in [-0.15, -0.1) is 0 Å². The van der Waals surface area contributed by atoms with Crippen LogP contribution in [0.25, 0.3) is 77.0 Å². The molecule has 0 saturated heterocycles. The number of pyridine rings is 4. The molecule has 2 aliphatic heterocycles. The number of hydrogen-bond acceptors (Lipinski definition) is 6. The lowest BCUT2D eigenvalue weighted by Crippen LogP contribution is -1.99. The fraction of sp³-hybridized carbons (Fsp3) is 0. The minimum atomic E-state index is 0.997. The summed E-state index contributed by atoms with van der Waals surface area (Å²) in [5.74, 6) is 0. The largest absolute Gasteiger partial charge is 0.255 e. The van der Waals surface area contributed by atoms with Crippen LogP contribution in [-0.4, -0.2) is 19.9 Å². The van der Waals surface area contributed by atoms with E-state index in [-0.39, 0.29) is 0 Å². The molecule has 10 rings (SSSR count). The summed E-state index contributed by atoms with van der Waals surface area (Å²) < 4.78 is 0. The van der Waals surface area contributed by atoms with E-state index < -0.39 is 0 Å². The maximum atomic E-state index is 5.12. The van der Waals surface area contributed by atoms with Gasteiger partial charge in [-0.3, -0.25) is 9.97 Å². The summed E-state index contributed by atoms with van der Waals surface area (Å²) >= 11 is 3.47. The van der Waals surface area contributed by atoms with E-state index in [1.807, 2.05) is 12.4 Å². The van der Waals surface area contributed by atoms with Gasteiger partial charge in [0, 0.05) is 54.9 Å². The lowest BCUT2D eigenvalue weighted by atomic mass is 9.96. The van der Waals surface area contributed by atoms with Gasteiger partial charge in [0.2, 0.25) is 0 Å². The zero-order valence-corrected chi connectivity index (χ0v) is 23.6. The Morgan fingerprint density at radius 3 is 1.43 bits per heavy atom. The highest BCUT2D eigenvalue weighted by atomic mass is 32.2. The molecule has 4 nitrogen and oxygen atoms in total. The lowest BCUT2D eigenvalue weighted by molar-refractivity contribution is 1.19. The van der Waals surface area contributed by atoms with Gasteiger partial charge in [0.05, 0.1) is 22.4 Å². The Hall–Kier alpha value is -4.78. The first-order valence-electron chi connectivity index (χ1n) is 13.8. The van der Waals surface area contributed by atoms with Crippen molar-refractivity contribution in [3.05, 3.63) is 109 Å². The molecule has 2 aliphatic rings. The minimum absolute atomic E-state index is 0.997. The SMILES string of the molecule is c1ccc2c(c1)Sc1nc3ccc(-c4ccc5nc6c7c(nccc7c5c4)-c4ccccc4S6)cc3c3ccnc-2c13. The van der Waals surface area contributed by atoms with E-state index >= 15 is 0 Å². The molecule has 194 valence electrons. The number of rotatable bonds is 1. The molecule has 0 spiro atoms. The van der Waals surface area contributed by atoms with Gasteiger partial charge in [-0.25, -0.2) is 9.97 Å². The van der Waals surface area contributed by atoms with Crippen molar-refractivity contribution in [3.63, 3.8) is 0 Å². The third-order valence-electron chi connectivity index (χ3n) is 8.38. The molecule has 0 bridgehead atoms. The third kappa shape index (κ3) is 3.11. The average molecular weight is 571 g/mol. The summed E-state index contributed by atoms with van der Waals surface area (Å²) in [6, 6.07) is 34.4. The van der Waals surface area contributed by atoms with Crippen LogP contribution in [0.15, 0.2) is 129 Å². The van der Waals surface area contributed by atoms with Gasteiger partial charge in [0.25, 0.3) is 0 Å². The molecule has 8 aromatic rings. The molecule has 6 heterocycles. The number of aromatic nitrogens is 4. The smallest absolute Gasteiger partial charge is 0.112 e. The first-order valence-corrected chi connectivity index (χ1v) is 15.4. The molecular formula is C36H18N4S2. The van der Waals surface area contributed by atoms with Crippen molar-refractivity contribution in [1.29, 1.82) is 0 Å². The molecular weight excluding hydrogens is 553 g/mol. The van der Waals surface area contributed by atoms with Gasteiger partial charge in [-0.2, -0.15) is 0 Å². The van der Waals surface area contributed by atoms with Crippen LogP contribution in [0.2, 0.25) is 0 Å². The maximum Gasteiger partial charge on any atom is 0.112 e. The molecule has 0 radical (unpaired) electrons. The van der Waals surface area contributed by atoms with Crippen LogP contribution in [-0.2, 0) is 0 Å². The summed E-state index contributed by atoms with van der Waals surface area (Å²) in [6.07, 6.45) is 3.86. The summed E-state index contributed by atoms with van der Waals surface area (Å²) in [6.45, 7) is 0. The molecule has 42 heavy (non-hydrogen) atoms. The van der Waals surface area contributed by atoms with Crippen molar-refractivity contribution >= 4 is 66.9 Å². The van der Waals surface area contributed by atoms with E-state index in [4.69, 9.17) is 19.9 Å². The molecule has 0 atom stereocenters. The lowest BCUT2D eigenvalue weighted by Gasteiger charge is -2.20. The van der Waals surface area contributed by atoms with Crippen LogP contribution in [0.5, 0.6) is 0 Å². The minimum Gasteiger partial charge on any atom is -0.255 e. The van der Waals surface area contributed by atoms with Crippen molar-refractivity contribution in [2.45, 2.75) is 19.8 Å². The predicted octanol–water partition coefficient (Wildman–Crippen LogP) is 9.81. The van der Waals surface area contributed by atoms with Gasteiger partial charge < -0.3 is 0 Å². The number of nitrogens with zero attached hydrogens (tertiary/aromatic N) is 4.